The van der Waals surface area contributed by atoms with Gasteiger partial charge in [-0.1, -0.05) is 13.8 Å². The first-order valence-electron chi connectivity index (χ1n) is 13.0. The van der Waals surface area contributed by atoms with Gasteiger partial charge in [0.05, 0.1) is 29.7 Å². The van der Waals surface area contributed by atoms with Gasteiger partial charge in [0, 0.05) is 23.4 Å². The molecule has 1 fully saturated rings. The lowest BCUT2D eigenvalue weighted by atomic mass is 9.44. The topological polar surface area (TPSA) is 79.2 Å². The van der Waals surface area contributed by atoms with E-state index in [0.717, 1.165) is 12.1 Å². The summed E-state index contributed by atoms with van der Waals surface area (Å²) < 4.78 is 40.3. The molecule has 3 heterocycles. The van der Waals surface area contributed by atoms with Gasteiger partial charge in [0.1, 0.15) is 45.0 Å². The number of anilines is 2. The van der Waals surface area contributed by atoms with Crippen molar-refractivity contribution in [1.29, 1.82) is 0 Å². The molecule has 2 aromatic heterocycles. The molecule has 4 rings (SSSR count). The fourth-order valence-electron chi connectivity index (χ4n) is 5.77. The Kier molecular flexibility index (Phi) is 7.37. The molecule has 1 aromatic carbocycles. The minimum absolute atomic E-state index is 0.0980. The lowest BCUT2D eigenvalue weighted by Gasteiger charge is -2.45. The van der Waals surface area contributed by atoms with E-state index in [0.29, 0.717) is 23.1 Å². The molecular formula is C23H31B5F3N7O. The number of amides is 2. The van der Waals surface area contributed by atoms with Crippen molar-refractivity contribution in [3.8, 4) is 5.69 Å². The molecule has 0 saturated carbocycles. The second-order valence-electron chi connectivity index (χ2n) is 11.9. The molecule has 3 aromatic rings. The van der Waals surface area contributed by atoms with Gasteiger partial charge in [-0.2, -0.15) is 18.2 Å². The lowest BCUT2D eigenvalue weighted by Crippen LogP contribution is -2.64. The van der Waals surface area contributed by atoms with Crippen molar-refractivity contribution < 1.29 is 18.0 Å². The number of carbonyl (C=O) groups excluding carboxylic acids is 1. The molecule has 0 unspecified atom stereocenters. The predicted octanol–water partition coefficient (Wildman–Crippen LogP) is -0.449. The number of carbonyl (C=O) groups is 1. The van der Waals surface area contributed by atoms with Crippen LogP contribution in [0.5, 0.6) is 0 Å². The number of hydrogen-bond donors (Lipinski definition) is 1. The Morgan fingerprint density at radius 2 is 1.67 bits per heavy atom. The monoisotopic (exact) mass is 533 g/mol. The van der Waals surface area contributed by atoms with Gasteiger partial charge in [-0.05, 0) is 48.4 Å². The zero-order valence-electron chi connectivity index (χ0n) is 23.6. The van der Waals surface area contributed by atoms with Gasteiger partial charge in [0.25, 0.3) is 0 Å². The number of alkyl halides is 3. The van der Waals surface area contributed by atoms with Crippen LogP contribution in [0.4, 0.5) is 29.7 Å². The summed E-state index contributed by atoms with van der Waals surface area (Å²) in [5.74, 6) is 1.03. The van der Waals surface area contributed by atoms with Crippen LogP contribution < -0.4 is 10.2 Å². The molecule has 2 atom stereocenters. The lowest BCUT2D eigenvalue weighted by molar-refractivity contribution is -0.137. The quantitative estimate of drug-likeness (QED) is 0.418. The number of nitrogens with zero attached hydrogens (tertiary/aromatic N) is 6. The normalized spacial score (nSPS) is 18.5. The Morgan fingerprint density at radius 3 is 2.23 bits per heavy atom. The van der Waals surface area contributed by atoms with Crippen LogP contribution in [0.2, 0.25) is 0 Å². The minimum Gasteiger partial charge on any atom is -0.350 e. The molecule has 0 radical (unpaired) electrons. The molecule has 1 N–H and O–H groups in total. The number of rotatable bonds is 7. The Bertz CT molecular complexity index is 1340. The Hall–Kier alpha value is -3.31. The van der Waals surface area contributed by atoms with Gasteiger partial charge in [0.2, 0.25) is 5.95 Å². The van der Waals surface area contributed by atoms with Crippen LogP contribution in [0.25, 0.3) is 5.69 Å². The first-order valence-corrected chi connectivity index (χ1v) is 13.0. The van der Waals surface area contributed by atoms with Crippen molar-refractivity contribution in [2.75, 3.05) is 10.2 Å². The standard InChI is InChI=1S/C23H31B5F3N7O/c1-12(2)18-21(24,25)38(23(26,27)28)20(39)37(18)17-8-9-32-19(35-17)34-13(3)16-10-36(11-33-16)15-6-4-14(5-7-15)22(29,30)31/h4-13,18H,24-28H2,1-3H3,(H,32,34,35)/t13-,18-/m0/s1. The maximum atomic E-state index is 13.7. The highest BCUT2D eigenvalue weighted by Gasteiger charge is 2.55. The zero-order chi connectivity index (χ0) is 28.9. The van der Waals surface area contributed by atoms with E-state index < -0.39 is 17.1 Å². The van der Waals surface area contributed by atoms with Gasteiger partial charge in [-0.15, -0.1) is 0 Å². The molecule has 39 heavy (non-hydrogen) atoms. The molecule has 1 saturated heterocycles. The molecule has 8 nitrogen and oxygen atoms in total. The van der Waals surface area contributed by atoms with E-state index in [1.54, 1.807) is 34.3 Å². The Morgan fingerprint density at radius 1 is 1.03 bits per heavy atom. The van der Waals surface area contributed by atoms with Crippen molar-refractivity contribution in [2.45, 2.75) is 49.6 Å². The Labute approximate surface area is 231 Å². The smallest absolute Gasteiger partial charge is 0.350 e. The molecule has 0 spiro atoms. The summed E-state index contributed by atoms with van der Waals surface area (Å²) in [7, 11) is 10.3. The number of halogens is 3. The number of urea groups is 1. The van der Waals surface area contributed by atoms with Gasteiger partial charge in [-0.25, -0.2) is 14.8 Å². The second-order valence-corrected chi connectivity index (χ2v) is 11.9. The highest BCUT2D eigenvalue weighted by molar-refractivity contribution is 6.61. The molecule has 0 bridgehead atoms. The zero-order valence-corrected chi connectivity index (χ0v) is 23.6. The number of aromatic nitrogens is 4. The first-order chi connectivity index (χ1) is 18.0. The largest absolute Gasteiger partial charge is 0.416 e. The van der Waals surface area contributed by atoms with Crippen LogP contribution in [0.15, 0.2) is 49.1 Å². The fourth-order valence-corrected chi connectivity index (χ4v) is 5.77. The average molecular weight is 533 g/mol. The molecule has 1 aliphatic heterocycles. The number of benzene rings is 1. The van der Waals surface area contributed by atoms with Gasteiger partial charge < -0.3 is 14.8 Å². The van der Waals surface area contributed by atoms with Crippen LogP contribution >= 0.6 is 0 Å². The van der Waals surface area contributed by atoms with Gasteiger partial charge in [-0.3, -0.25) is 4.90 Å². The maximum Gasteiger partial charge on any atom is 0.416 e. The molecule has 1 aliphatic rings. The minimum atomic E-state index is -4.39. The highest BCUT2D eigenvalue weighted by Crippen LogP contribution is 2.38. The maximum absolute atomic E-state index is 13.7. The van der Waals surface area contributed by atoms with Gasteiger partial charge >= 0.3 is 12.2 Å². The summed E-state index contributed by atoms with van der Waals surface area (Å²) in [4.78, 5) is 30.9. The second kappa shape index (κ2) is 10.0. The van der Waals surface area contributed by atoms with Gasteiger partial charge in [0.15, 0.2) is 0 Å². The van der Waals surface area contributed by atoms with E-state index >= 15 is 0 Å². The van der Waals surface area contributed by atoms with Crippen LogP contribution in [0.3, 0.4) is 0 Å². The van der Waals surface area contributed by atoms with E-state index in [4.69, 9.17) is 4.98 Å². The summed E-state index contributed by atoms with van der Waals surface area (Å²) in [6.07, 6.45) is 0.524. The number of hydrogen-bond acceptors (Lipinski definition) is 5. The van der Waals surface area contributed by atoms with Crippen molar-refractivity contribution in [3.05, 3.63) is 60.3 Å². The van der Waals surface area contributed by atoms with E-state index in [-0.39, 0.29) is 29.3 Å². The number of nitrogens with one attached hydrogen (secondary N) is 1. The highest BCUT2D eigenvalue weighted by atomic mass is 19.4. The predicted molar refractivity (Wildman–Crippen MR) is 159 cm³/mol. The third-order valence-corrected chi connectivity index (χ3v) is 7.05. The summed E-state index contributed by atoms with van der Waals surface area (Å²) in [5, 5.41) is 2.43. The summed E-state index contributed by atoms with van der Waals surface area (Å²) in [6, 6.07) is 6.12. The summed E-state index contributed by atoms with van der Waals surface area (Å²) >= 11 is 0. The van der Waals surface area contributed by atoms with Crippen LogP contribution in [0, 0.1) is 5.92 Å². The van der Waals surface area contributed by atoms with E-state index in [1.807, 2.05) is 35.4 Å². The van der Waals surface area contributed by atoms with Crippen molar-refractivity contribution in [3.63, 3.8) is 0 Å². The fraction of sp³-hybridized carbons (Fsp3) is 0.391. The molecule has 2 amide bonds. The Balaban J connectivity index is 1.56. The van der Waals surface area contributed by atoms with Crippen molar-refractivity contribution >= 4 is 57.0 Å². The van der Waals surface area contributed by atoms with E-state index in [2.05, 4.69) is 44.8 Å². The number of imidazole rings is 1. The molecule has 16 heteroatoms. The molecular weight excluding hydrogens is 501 g/mol. The first kappa shape index (κ1) is 28.7. The summed E-state index contributed by atoms with van der Waals surface area (Å²) in [5.41, 5.74) is 0.510. The molecule has 0 aliphatic carbocycles. The van der Waals surface area contributed by atoms with Crippen LogP contribution in [-0.2, 0) is 6.18 Å². The third-order valence-electron chi connectivity index (χ3n) is 7.05. The SMILES string of the molecule is BC(B)(B)N1C(=O)N(c2ccnc(N[C@@H](C)c3cn(-c4ccc(C(F)(F)F)cc4)cn3)n2)[C@@H](C(C)C)C1(B)B. The van der Waals surface area contributed by atoms with E-state index in [9.17, 15) is 18.0 Å². The van der Waals surface area contributed by atoms with E-state index in [1.165, 1.54) is 12.1 Å². The van der Waals surface area contributed by atoms with Crippen molar-refractivity contribution in [2.24, 2.45) is 5.92 Å². The summed E-state index contributed by atoms with van der Waals surface area (Å²) in [6.45, 7) is 6.10. The van der Waals surface area contributed by atoms with Crippen molar-refractivity contribution in [1.82, 2.24) is 24.4 Å². The average Bonchev–Trinajstić information content (AvgIpc) is 3.39. The molecule has 200 valence electrons. The van der Waals surface area contributed by atoms with Crippen LogP contribution in [0.1, 0.15) is 38.1 Å². The van der Waals surface area contributed by atoms with Crippen LogP contribution in [-0.4, -0.2) is 86.3 Å². The third kappa shape index (κ3) is 5.56.